The van der Waals surface area contributed by atoms with Crippen LogP contribution in [0.3, 0.4) is 0 Å². The average Bonchev–Trinajstić information content (AvgIpc) is 2.25. The highest BCUT2D eigenvalue weighted by Gasteiger charge is 2.09. The van der Waals surface area contributed by atoms with E-state index in [0.717, 1.165) is 0 Å². The third kappa shape index (κ3) is 4.02. The van der Waals surface area contributed by atoms with Gasteiger partial charge in [-0.25, -0.2) is 0 Å². The molecule has 0 aliphatic rings. The standard InChI is InChI=1S/C16H22O2/c1-11(2)14(6-5-7-16(17)18)15-9-8-12(3)10-13(15)4/h6,8-11H,5,7H2,1-4H3,(H,17,18)/b14-6+. The summed E-state index contributed by atoms with van der Waals surface area (Å²) in [5.74, 6) is -0.338. The highest BCUT2D eigenvalue weighted by Crippen LogP contribution is 2.27. The zero-order chi connectivity index (χ0) is 13.7. The fourth-order valence-corrected chi connectivity index (χ4v) is 2.15. The van der Waals surface area contributed by atoms with Crippen LogP contribution in [-0.2, 0) is 4.79 Å². The first-order chi connectivity index (χ1) is 8.41. The number of carboxylic acid groups (broad SMARTS) is 1. The van der Waals surface area contributed by atoms with Gasteiger partial charge in [-0.15, -0.1) is 0 Å². The van der Waals surface area contributed by atoms with Gasteiger partial charge in [0.2, 0.25) is 0 Å². The molecule has 0 heterocycles. The molecule has 0 unspecified atom stereocenters. The number of hydrogen-bond acceptors (Lipinski definition) is 1. The number of rotatable bonds is 5. The molecule has 1 aromatic rings. The van der Waals surface area contributed by atoms with E-state index in [-0.39, 0.29) is 6.42 Å². The number of aryl methyl sites for hydroxylation is 2. The van der Waals surface area contributed by atoms with Crippen LogP contribution in [0, 0.1) is 19.8 Å². The average molecular weight is 246 g/mol. The van der Waals surface area contributed by atoms with Crippen LogP contribution in [0.4, 0.5) is 0 Å². The first-order valence-corrected chi connectivity index (χ1v) is 6.41. The zero-order valence-corrected chi connectivity index (χ0v) is 11.7. The molecular weight excluding hydrogens is 224 g/mol. The van der Waals surface area contributed by atoms with Gasteiger partial charge in [0.05, 0.1) is 0 Å². The maximum atomic E-state index is 10.6. The number of benzene rings is 1. The third-order valence-electron chi connectivity index (χ3n) is 3.04. The Kier molecular flexibility index (Phi) is 5.14. The van der Waals surface area contributed by atoms with Crippen LogP contribution in [0.25, 0.3) is 5.57 Å². The van der Waals surface area contributed by atoms with E-state index in [4.69, 9.17) is 5.11 Å². The largest absolute Gasteiger partial charge is 0.481 e. The summed E-state index contributed by atoms with van der Waals surface area (Å²) in [6.45, 7) is 8.48. The Bertz CT molecular complexity index is 456. The highest BCUT2D eigenvalue weighted by molar-refractivity contribution is 5.71. The maximum absolute atomic E-state index is 10.6. The Balaban J connectivity index is 3.01. The van der Waals surface area contributed by atoms with Crippen molar-refractivity contribution in [2.45, 2.75) is 40.5 Å². The van der Waals surface area contributed by atoms with Gasteiger partial charge >= 0.3 is 5.97 Å². The van der Waals surface area contributed by atoms with E-state index >= 15 is 0 Å². The van der Waals surface area contributed by atoms with Gasteiger partial charge in [0.15, 0.2) is 0 Å². The summed E-state index contributed by atoms with van der Waals surface area (Å²) >= 11 is 0. The molecule has 0 radical (unpaired) electrons. The molecule has 0 spiro atoms. The Labute approximate surface area is 109 Å². The van der Waals surface area contributed by atoms with E-state index in [0.29, 0.717) is 12.3 Å². The van der Waals surface area contributed by atoms with Crippen molar-refractivity contribution in [1.29, 1.82) is 0 Å². The summed E-state index contributed by atoms with van der Waals surface area (Å²) in [6, 6.07) is 6.41. The lowest BCUT2D eigenvalue weighted by Crippen LogP contribution is -1.98. The second-order valence-electron chi connectivity index (χ2n) is 5.06. The van der Waals surface area contributed by atoms with Gasteiger partial charge < -0.3 is 5.11 Å². The number of allylic oxidation sites excluding steroid dienone is 2. The summed E-state index contributed by atoms with van der Waals surface area (Å²) in [4.78, 5) is 10.6. The minimum absolute atomic E-state index is 0.196. The second kappa shape index (κ2) is 6.39. The summed E-state index contributed by atoms with van der Waals surface area (Å²) < 4.78 is 0. The Hall–Kier alpha value is -1.57. The molecule has 1 aromatic carbocycles. The van der Waals surface area contributed by atoms with Crippen LogP contribution >= 0.6 is 0 Å². The fraction of sp³-hybridized carbons (Fsp3) is 0.438. The zero-order valence-electron chi connectivity index (χ0n) is 11.7. The van der Waals surface area contributed by atoms with Crippen molar-refractivity contribution < 1.29 is 9.90 Å². The molecule has 18 heavy (non-hydrogen) atoms. The predicted octanol–water partition coefficient (Wildman–Crippen LogP) is 4.21. The minimum Gasteiger partial charge on any atom is -0.481 e. The minimum atomic E-state index is -0.741. The van der Waals surface area contributed by atoms with Gasteiger partial charge in [-0.2, -0.15) is 0 Å². The van der Waals surface area contributed by atoms with E-state index in [1.165, 1.54) is 22.3 Å². The van der Waals surface area contributed by atoms with Crippen LogP contribution in [0.1, 0.15) is 43.4 Å². The van der Waals surface area contributed by atoms with Gasteiger partial charge in [-0.3, -0.25) is 4.79 Å². The topological polar surface area (TPSA) is 37.3 Å². The normalized spacial score (nSPS) is 11.9. The summed E-state index contributed by atoms with van der Waals surface area (Å²) in [5, 5.41) is 8.70. The van der Waals surface area contributed by atoms with E-state index in [1.54, 1.807) is 0 Å². The summed E-state index contributed by atoms with van der Waals surface area (Å²) in [5.41, 5.74) is 4.99. The summed E-state index contributed by atoms with van der Waals surface area (Å²) in [7, 11) is 0. The molecule has 0 fully saturated rings. The Morgan fingerprint density at radius 3 is 2.50 bits per heavy atom. The predicted molar refractivity (Wildman–Crippen MR) is 75.6 cm³/mol. The molecule has 0 amide bonds. The lowest BCUT2D eigenvalue weighted by Gasteiger charge is -2.15. The van der Waals surface area contributed by atoms with E-state index in [2.05, 4.69) is 52.0 Å². The molecule has 1 N–H and O–H groups in total. The molecule has 0 aliphatic heterocycles. The van der Waals surface area contributed by atoms with Gasteiger partial charge in [-0.1, -0.05) is 43.7 Å². The molecule has 0 saturated carbocycles. The lowest BCUT2D eigenvalue weighted by atomic mass is 9.90. The van der Waals surface area contributed by atoms with Gasteiger partial charge in [0.25, 0.3) is 0 Å². The van der Waals surface area contributed by atoms with Crippen LogP contribution in [-0.4, -0.2) is 11.1 Å². The Morgan fingerprint density at radius 1 is 1.33 bits per heavy atom. The molecule has 0 saturated heterocycles. The molecule has 0 atom stereocenters. The fourth-order valence-electron chi connectivity index (χ4n) is 2.15. The molecular formula is C16H22O2. The van der Waals surface area contributed by atoms with Gasteiger partial charge in [0.1, 0.15) is 0 Å². The molecule has 2 nitrogen and oxygen atoms in total. The van der Waals surface area contributed by atoms with Crippen LogP contribution in [0.2, 0.25) is 0 Å². The molecule has 2 heteroatoms. The van der Waals surface area contributed by atoms with Crippen LogP contribution < -0.4 is 0 Å². The van der Waals surface area contributed by atoms with Crippen molar-refractivity contribution in [2.24, 2.45) is 5.92 Å². The number of aliphatic carboxylic acids is 1. The van der Waals surface area contributed by atoms with Crippen LogP contribution in [0.15, 0.2) is 24.3 Å². The van der Waals surface area contributed by atoms with Crippen molar-refractivity contribution >= 4 is 11.5 Å². The maximum Gasteiger partial charge on any atom is 0.303 e. The molecule has 0 aliphatic carbocycles. The molecule has 1 rings (SSSR count). The highest BCUT2D eigenvalue weighted by atomic mass is 16.4. The molecule has 98 valence electrons. The van der Waals surface area contributed by atoms with Crippen molar-refractivity contribution in [3.8, 4) is 0 Å². The monoisotopic (exact) mass is 246 g/mol. The number of hydrogen-bond donors (Lipinski definition) is 1. The van der Waals surface area contributed by atoms with Gasteiger partial charge in [0, 0.05) is 6.42 Å². The van der Waals surface area contributed by atoms with E-state index < -0.39 is 5.97 Å². The molecule has 0 aromatic heterocycles. The second-order valence-corrected chi connectivity index (χ2v) is 5.06. The van der Waals surface area contributed by atoms with Crippen molar-refractivity contribution in [1.82, 2.24) is 0 Å². The first-order valence-electron chi connectivity index (χ1n) is 6.41. The molecule has 0 bridgehead atoms. The SMILES string of the molecule is Cc1ccc(/C(=C/CCC(=O)O)C(C)C)c(C)c1. The Morgan fingerprint density at radius 2 is 2.00 bits per heavy atom. The van der Waals surface area contributed by atoms with Crippen molar-refractivity contribution in [3.63, 3.8) is 0 Å². The van der Waals surface area contributed by atoms with E-state index in [9.17, 15) is 4.79 Å². The van der Waals surface area contributed by atoms with Crippen LogP contribution in [0.5, 0.6) is 0 Å². The lowest BCUT2D eigenvalue weighted by molar-refractivity contribution is -0.136. The first kappa shape index (κ1) is 14.5. The van der Waals surface area contributed by atoms with Crippen molar-refractivity contribution in [2.75, 3.05) is 0 Å². The van der Waals surface area contributed by atoms with Gasteiger partial charge in [-0.05, 0) is 42.9 Å². The summed E-state index contributed by atoms with van der Waals surface area (Å²) in [6.07, 6.45) is 2.85. The quantitative estimate of drug-likeness (QED) is 0.845. The smallest absolute Gasteiger partial charge is 0.303 e. The van der Waals surface area contributed by atoms with Crippen molar-refractivity contribution in [3.05, 3.63) is 41.0 Å². The number of carboxylic acids is 1. The number of carbonyl (C=O) groups is 1. The third-order valence-corrected chi connectivity index (χ3v) is 3.04. The van der Waals surface area contributed by atoms with E-state index in [1.807, 2.05) is 0 Å².